The standard InChI is InChI=1S/C25H22FN9/c1-33-21-7-6-16(12-20(21)31-32-33)23-22(15-4-5-17(13-27)19(26)11-15)30-25-24(29-8-10-35(23)25)34-9-2-3-18(28)14-34/h4-8,10-12,18H,2-3,9,14,28H2,1H3/t18-/m1/s1. The molecule has 35 heavy (non-hydrogen) atoms. The normalized spacial score (nSPS) is 16.2. The van der Waals surface area contributed by atoms with Gasteiger partial charge in [-0.3, -0.25) is 4.40 Å². The lowest BCUT2D eigenvalue weighted by atomic mass is 10.0. The van der Waals surface area contributed by atoms with Crippen molar-refractivity contribution >= 4 is 22.5 Å². The third-order valence-corrected chi connectivity index (χ3v) is 6.53. The van der Waals surface area contributed by atoms with Gasteiger partial charge in [-0.2, -0.15) is 5.26 Å². The molecule has 1 aliphatic rings. The van der Waals surface area contributed by atoms with Gasteiger partial charge in [0, 0.05) is 49.7 Å². The van der Waals surface area contributed by atoms with Crippen LogP contribution >= 0.6 is 0 Å². The van der Waals surface area contributed by atoms with E-state index in [9.17, 15) is 9.65 Å². The predicted molar refractivity (Wildman–Crippen MR) is 130 cm³/mol. The SMILES string of the molecule is Cn1nnc2cc(-c3c(-c4ccc(C#N)c(F)c4)nc4c(N5CCC[C@@H](N)C5)nccn34)ccc21. The summed E-state index contributed by atoms with van der Waals surface area (Å²) < 4.78 is 18.3. The molecule has 10 heteroatoms. The quantitative estimate of drug-likeness (QED) is 0.433. The molecular formula is C25H22FN9. The molecule has 6 rings (SSSR count). The van der Waals surface area contributed by atoms with Crippen molar-refractivity contribution < 1.29 is 4.39 Å². The van der Waals surface area contributed by atoms with Crippen LogP contribution in [0, 0.1) is 17.1 Å². The van der Waals surface area contributed by atoms with Gasteiger partial charge in [-0.15, -0.1) is 5.10 Å². The Morgan fingerprint density at radius 1 is 1.17 bits per heavy atom. The second-order valence-electron chi connectivity index (χ2n) is 8.82. The highest BCUT2D eigenvalue weighted by Crippen LogP contribution is 2.36. The molecule has 2 aromatic carbocycles. The van der Waals surface area contributed by atoms with Crippen molar-refractivity contribution in [3.05, 3.63) is 60.2 Å². The van der Waals surface area contributed by atoms with E-state index in [1.807, 2.05) is 41.9 Å². The first-order chi connectivity index (χ1) is 17.0. The second-order valence-corrected chi connectivity index (χ2v) is 8.82. The molecule has 1 atom stereocenters. The van der Waals surface area contributed by atoms with Crippen molar-refractivity contribution in [3.63, 3.8) is 0 Å². The van der Waals surface area contributed by atoms with Crippen LogP contribution in [0.5, 0.6) is 0 Å². The molecule has 1 aliphatic heterocycles. The number of aryl methyl sites for hydroxylation is 1. The van der Waals surface area contributed by atoms with E-state index in [1.54, 1.807) is 16.9 Å². The molecular weight excluding hydrogens is 445 g/mol. The number of benzene rings is 2. The summed E-state index contributed by atoms with van der Waals surface area (Å²) in [6.45, 7) is 1.54. The molecule has 0 aliphatic carbocycles. The molecule has 5 aromatic rings. The number of nitriles is 1. The monoisotopic (exact) mass is 467 g/mol. The minimum atomic E-state index is -0.585. The average Bonchev–Trinajstić information content (AvgIpc) is 3.44. The molecule has 0 amide bonds. The summed E-state index contributed by atoms with van der Waals surface area (Å²) >= 11 is 0. The van der Waals surface area contributed by atoms with Crippen molar-refractivity contribution in [1.82, 2.24) is 29.4 Å². The van der Waals surface area contributed by atoms with E-state index >= 15 is 0 Å². The minimum absolute atomic E-state index is 0.00953. The summed E-state index contributed by atoms with van der Waals surface area (Å²) in [6.07, 6.45) is 5.56. The predicted octanol–water partition coefficient (Wildman–Crippen LogP) is 3.28. The summed E-state index contributed by atoms with van der Waals surface area (Å²) in [5.41, 5.74) is 11.3. The first-order valence-electron chi connectivity index (χ1n) is 11.4. The molecule has 174 valence electrons. The Morgan fingerprint density at radius 2 is 2.03 bits per heavy atom. The fourth-order valence-electron chi connectivity index (χ4n) is 4.81. The second kappa shape index (κ2) is 8.14. The molecule has 1 fully saturated rings. The van der Waals surface area contributed by atoms with Crippen LogP contribution in [0.15, 0.2) is 48.8 Å². The lowest BCUT2D eigenvalue weighted by molar-refractivity contribution is 0.503. The van der Waals surface area contributed by atoms with Crippen molar-refractivity contribution in [3.8, 4) is 28.6 Å². The first kappa shape index (κ1) is 21.2. The number of halogens is 1. The summed E-state index contributed by atoms with van der Waals surface area (Å²) in [7, 11) is 1.84. The van der Waals surface area contributed by atoms with E-state index in [1.165, 1.54) is 12.1 Å². The van der Waals surface area contributed by atoms with Gasteiger partial charge in [-0.05, 0) is 37.1 Å². The molecule has 3 aromatic heterocycles. The maximum atomic E-state index is 14.6. The smallest absolute Gasteiger partial charge is 0.181 e. The molecule has 2 N–H and O–H groups in total. The summed E-state index contributed by atoms with van der Waals surface area (Å²) in [6, 6.07) is 12.4. The Kier molecular flexibility index (Phi) is 4.93. The molecule has 0 unspecified atom stereocenters. The van der Waals surface area contributed by atoms with Gasteiger partial charge in [0.05, 0.1) is 22.5 Å². The van der Waals surface area contributed by atoms with E-state index in [0.717, 1.165) is 47.5 Å². The first-order valence-corrected chi connectivity index (χ1v) is 11.4. The number of aromatic nitrogens is 6. The van der Waals surface area contributed by atoms with Gasteiger partial charge < -0.3 is 10.6 Å². The zero-order valence-corrected chi connectivity index (χ0v) is 19.1. The fourth-order valence-corrected chi connectivity index (χ4v) is 4.81. The molecule has 0 saturated carbocycles. The zero-order valence-electron chi connectivity index (χ0n) is 19.1. The van der Waals surface area contributed by atoms with Crippen LogP contribution in [0.2, 0.25) is 0 Å². The number of piperidine rings is 1. The Morgan fingerprint density at radius 3 is 2.83 bits per heavy atom. The van der Waals surface area contributed by atoms with Crippen LogP contribution in [0.4, 0.5) is 10.2 Å². The third-order valence-electron chi connectivity index (χ3n) is 6.53. The van der Waals surface area contributed by atoms with Crippen LogP contribution in [-0.2, 0) is 7.05 Å². The van der Waals surface area contributed by atoms with Crippen molar-refractivity contribution in [1.29, 1.82) is 5.26 Å². The van der Waals surface area contributed by atoms with Gasteiger partial charge in [0.25, 0.3) is 0 Å². The maximum Gasteiger partial charge on any atom is 0.181 e. The van der Waals surface area contributed by atoms with Crippen LogP contribution in [0.1, 0.15) is 18.4 Å². The topological polar surface area (TPSA) is 114 Å². The minimum Gasteiger partial charge on any atom is -0.352 e. The number of hydrogen-bond donors (Lipinski definition) is 1. The highest BCUT2D eigenvalue weighted by molar-refractivity contribution is 5.89. The maximum absolute atomic E-state index is 14.6. The summed E-state index contributed by atoms with van der Waals surface area (Å²) in [5.74, 6) is 0.155. The van der Waals surface area contributed by atoms with Crippen LogP contribution in [0.3, 0.4) is 0 Å². The van der Waals surface area contributed by atoms with E-state index < -0.39 is 5.82 Å². The van der Waals surface area contributed by atoms with Crippen molar-refractivity contribution in [2.75, 3.05) is 18.0 Å². The number of rotatable bonds is 3. The van der Waals surface area contributed by atoms with Crippen molar-refractivity contribution in [2.45, 2.75) is 18.9 Å². The van der Waals surface area contributed by atoms with Crippen LogP contribution < -0.4 is 10.6 Å². The summed E-state index contributed by atoms with van der Waals surface area (Å²) in [5, 5.41) is 17.6. The summed E-state index contributed by atoms with van der Waals surface area (Å²) in [4.78, 5) is 11.8. The molecule has 4 heterocycles. The van der Waals surface area contributed by atoms with Gasteiger partial charge in [0.1, 0.15) is 17.4 Å². The van der Waals surface area contributed by atoms with E-state index in [4.69, 9.17) is 10.7 Å². The van der Waals surface area contributed by atoms with Crippen LogP contribution in [-0.4, -0.2) is 48.5 Å². The van der Waals surface area contributed by atoms with Gasteiger partial charge >= 0.3 is 0 Å². The van der Waals surface area contributed by atoms with E-state index in [0.29, 0.717) is 23.4 Å². The lowest BCUT2D eigenvalue weighted by Gasteiger charge is -2.31. The molecule has 9 nitrogen and oxygen atoms in total. The van der Waals surface area contributed by atoms with Crippen molar-refractivity contribution in [2.24, 2.45) is 12.8 Å². The Balaban J connectivity index is 1.61. The molecule has 0 spiro atoms. The number of nitrogens with zero attached hydrogens (tertiary/aromatic N) is 8. The van der Waals surface area contributed by atoms with Gasteiger partial charge in [-0.25, -0.2) is 19.0 Å². The van der Waals surface area contributed by atoms with Gasteiger partial charge in [-0.1, -0.05) is 17.3 Å². The highest BCUT2D eigenvalue weighted by atomic mass is 19.1. The number of fused-ring (bicyclic) bond motifs is 2. The fraction of sp³-hybridized carbons (Fsp3) is 0.240. The average molecular weight is 468 g/mol. The molecule has 0 bridgehead atoms. The molecule has 0 radical (unpaired) electrons. The highest BCUT2D eigenvalue weighted by Gasteiger charge is 2.25. The van der Waals surface area contributed by atoms with Gasteiger partial charge in [0.2, 0.25) is 0 Å². The number of imidazole rings is 1. The Bertz CT molecular complexity index is 1630. The number of hydrogen-bond acceptors (Lipinski definition) is 7. The van der Waals surface area contributed by atoms with E-state index in [-0.39, 0.29) is 11.6 Å². The number of nitrogens with two attached hydrogens (primary N) is 1. The zero-order chi connectivity index (χ0) is 24.1. The Labute approximate surface area is 200 Å². The third kappa shape index (κ3) is 3.48. The number of anilines is 1. The van der Waals surface area contributed by atoms with E-state index in [2.05, 4.69) is 20.2 Å². The van der Waals surface area contributed by atoms with Gasteiger partial charge in [0.15, 0.2) is 11.5 Å². The van der Waals surface area contributed by atoms with Crippen LogP contribution in [0.25, 0.3) is 39.2 Å². The lowest BCUT2D eigenvalue weighted by Crippen LogP contribution is -2.43. The molecule has 1 saturated heterocycles. The Hall–Kier alpha value is -4.36. The largest absolute Gasteiger partial charge is 0.352 e.